The number of rotatable bonds is 3. The molecule has 1 aromatic heterocycles. The minimum Gasteiger partial charge on any atom is -0.326 e. The van der Waals surface area contributed by atoms with Crippen LogP contribution in [0.5, 0.6) is 0 Å². The maximum atomic E-state index is 4.69. The van der Waals surface area contributed by atoms with Crippen molar-refractivity contribution in [1.29, 1.82) is 0 Å². The van der Waals surface area contributed by atoms with Crippen LogP contribution < -0.4 is 5.32 Å². The normalized spacial score (nSPS) is 16.1. The lowest BCUT2D eigenvalue weighted by Gasteiger charge is -2.24. The van der Waals surface area contributed by atoms with Gasteiger partial charge in [0.05, 0.1) is 5.69 Å². The Bertz CT molecular complexity index is 621. The Kier molecular flexibility index (Phi) is 4.00. The number of hydrogen-bond donors (Lipinski definition) is 1. The zero-order chi connectivity index (χ0) is 14.8. The third-order valence-corrected chi connectivity index (χ3v) is 4.58. The van der Waals surface area contributed by atoms with E-state index >= 15 is 0 Å². The van der Waals surface area contributed by atoms with Crippen LogP contribution in [0.4, 0.5) is 11.6 Å². The molecular formula is C18H25N3. The van der Waals surface area contributed by atoms with Crippen LogP contribution in [0.25, 0.3) is 0 Å². The van der Waals surface area contributed by atoms with Crippen molar-refractivity contribution >= 4 is 11.6 Å². The minimum absolute atomic E-state index is 0.606. The lowest BCUT2D eigenvalue weighted by Crippen LogP contribution is -2.14. The van der Waals surface area contributed by atoms with Crippen molar-refractivity contribution in [1.82, 2.24) is 9.55 Å². The molecule has 0 radical (unpaired) electrons. The summed E-state index contributed by atoms with van der Waals surface area (Å²) in [5.41, 5.74) is 4.85. The van der Waals surface area contributed by atoms with Crippen LogP contribution in [-0.4, -0.2) is 9.55 Å². The summed E-state index contributed by atoms with van der Waals surface area (Å²) < 4.78 is 2.35. The van der Waals surface area contributed by atoms with Crippen molar-refractivity contribution in [2.75, 3.05) is 5.32 Å². The number of anilines is 2. The molecule has 0 unspecified atom stereocenters. The quantitative estimate of drug-likeness (QED) is 0.853. The molecule has 112 valence electrons. The van der Waals surface area contributed by atoms with Gasteiger partial charge in [0.2, 0.25) is 5.95 Å². The molecule has 1 aliphatic carbocycles. The molecule has 1 aliphatic rings. The Morgan fingerprint density at radius 3 is 2.52 bits per heavy atom. The van der Waals surface area contributed by atoms with Gasteiger partial charge in [0.15, 0.2) is 0 Å². The third-order valence-electron chi connectivity index (χ3n) is 4.58. The van der Waals surface area contributed by atoms with E-state index in [9.17, 15) is 0 Å². The summed E-state index contributed by atoms with van der Waals surface area (Å²) in [4.78, 5) is 4.69. The van der Waals surface area contributed by atoms with Gasteiger partial charge in [0, 0.05) is 17.9 Å². The highest BCUT2D eigenvalue weighted by Crippen LogP contribution is 2.31. The maximum absolute atomic E-state index is 4.69. The van der Waals surface area contributed by atoms with E-state index in [0.29, 0.717) is 6.04 Å². The highest BCUT2D eigenvalue weighted by atomic mass is 15.2. The largest absolute Gasteiger partial charge is 0.326 e. The fourth-order valence-electron chi connectivity index (χ4n) is 3.19. The predicted molar refractivity (Wildman–Crippen MR) is 88.3 cm³/mol. The molecule has 3 heteroatoms. The summed E-state index contributed by atoms with van der Waals surface area (Å²) in [6, 6.07) is 7.11. The highest BCUT2D eigenvalue weighted by Gasteiger charge is 2.18. The van der Waals surface area contributed by atoms with Crippen LogP contribution in [0.3, 0.4) is 0 Å². The Morgan fingerprint density at radius 1 is 1.05 bits per heavy atom. The number of nitrogens with zero attached hydrogens (tertiary/aromatic N) is 2. The Balaban J connectivity index is 1.85. The zero-order valence-electron chi connectivity index (χ0n) is 13.3. The summed E-state index contributed by atoms with van der Waals surface area (Å²) >= 11 is 0. The second kappa shape index (κ2) is 5.92. The molecule has 0 aliphatic heterocycles. The SMILES string of the molecule is Cc1cn(C2CCCCC2)c(Nc2ccc(C)c(C)c2)n1. The van der Waals surface area contributed by atoms with E-state index < -0.39 is 0 Å². The van der Waals surface area contributed by atoms with Crippen molar-refractivity contribution in [2.24, 2.45) is 0 Å². The smallest absolute Gasteiger partial charge is 0.207 e. The van der Waals surface area contributed by atoms with Gasteiger partial charge < -0.3 is 9.88 Å². The van der Waals surface area contributed by atoms with Crippen LogP contribution in [0.2, 0.25) is 0 Å². The van der Waals surface area contributed by atoms with Gasteiger partial charge in [0.1, 0.15) is 0 Å². The first-order chi connectivity index (χ1) is 10.1. The van der Waals surface area contributed by atoms with Gasteiger partial charge in [-0.2, -0.15) is 0 Å². The molecule has 1 fully saturated rings. The van der Waals surface area contributed by atoms with Gasteiger partial charge in [-0.15, -0.1) is 0 Å². The van der Waals surface area contributed by atoms with Crippen molar-refractivity contribution in [3.05, 3.63) is 41.2 Å². The molecular weight excluding hydrogens is 258 g/mol. The van der Waals surface area contributed by atoms with E-state index in [-0.39, 0.29) is 0 Å². The average Bonchev–Trinajstić information content (AvgIpc) is 2.85. The van der Waals surface area contributed by atoms with Gasteiger partial charge in [-0.05, 0) is 56.9 Å². The number of hydrogen-bond acceptors (Lipinski definition) is 2. The van der Waals surface area contributed by atoms with Crippen LogP contribution in [0.1, 0.15) is 55.0 Å². The fraction of sp³-hybridized carbons (Fsp3) is 0.500. The average molecular weight is 283 g/mol. The number of aryl methyl sites for hydroxylation is 3. The summed E-state index contributed by atoms with van der Waals surface area (Å²) in [5, 5.41) is 3.51. The standard InChI is InChI=1S/C18H25N3/c1-13-9-10-16(11-14(13)2)20-18-19-15(3)12-21(18)17-7-5-4-6-8-17/h9-12,17H,4-8H2,1-3H3,(H,19,20). The zero-order valence-corrected chi connectivity index (χ0v) is 13.3. The highest BCUT2D eigenvalue weighted by molar-refractivity contribution is 5.56. The number of benzene rings is 1. The van der Waals surface area contributed by atoms with Gasteiger partial charge in [-0.25, -0.2) is 4.98 Å². The number of aromatic nitrogens is 2. The molecule has 0 saturated heterocycles. The number of nitrogens with one attached hydrogen (secondary N) is 1. The van der Waals surface area contributed by atoms with E-state index in [1.165, 1.54) is 43.2 Å². The Morgan fingerprint density at radius 2 is 1.81 bits per heavy atom. The molecule has 1 N–H and O–H groups in total. The van der Waals surface area contributed by atoms with Crippen molar-refractivity contribution in [3.8, 4) is 0 Å². The Hall–Kier alpha value is -1.77. The van der Waals surface area contributed by atoms with Gasteiger partial charge in [-0.1, -0.05) is 25.3 Å². The van der Waals surface area contributed by atoms with Crippen molar-refractivity contribution in [2.45, 2.75) is 58.9 Å². The summed E-state index contributed by atoms with van der Waals surface area (Å²) in [6.07, 6.45) is 8.80. The lowest BCUT2D eigenvalue weighted by molar-refractivity contribution is 0.356. The molecule has 3 rings (SSSR count). The first-order valence-electron chi connectivity index (χ1n) is 8.03. The molecule has 1 heterocycles. The molecule has 21 heavy (non-hydrogen) atoms. The molecule has 0 bridgehead atoms. The van der Waals surface area contributed by atoms with Crippen molar-refractivity contribution in [3.63, 3.8) is 0 Å². The van der Waals surface area contributed by atoms with Gasteiger partial charge >= 0.3 is 0 Å². The third kappa shape index (κ3) is 3.12. The van der Waals surface area contributed by atoms with Crippen molar-refractivity contribution < 1.29 is 0 Å². The van der Waals surface area contributed by atoms with Crippen LogP contribution in [-0.2, 0) is 0 Å². The van der Waals surface area contributed by atoms with E-state index in [0.717, 1.165) is 17.3 Å². The fourth-order valence-corrected chi connectivity index (χ4v) is 3.19. The van der Waals surface area contributed by atoms with E-state index in [2.05, 4.69) is 60.0 Å². The minimum atomic E-state index is 0.606. The van der Waals surface area contributed by atoms with Crippen LogP contribution in [0.15, 0.2) is 24.4 Å². The topological polar surface area (TPSA) is 29.9 Å². The molecule has 1 saturated carbocycles. The van der Waals surface area contributed by atoms with Crippen LogP contribution in [0, 0.1) is 20.8 Å². The van der Waals surface area contributed by atoms with Gasteiger partial charge in [-0.3, -0.25) is 0 Å². The van der Waals surface area contributed by atoms with E-state index in [1.807, 2.05) is 0 Å². The first-order valence-corrected chi connectivity index (χ1v) is 8.03. The molecule has 1 aromatic carbocycles. The Labute approximate surface area is 127 Å². The maximum Gasteiger partial charge on any atom is 0.207 e. The van der Waals surface area contributed by atoms with E-state index in [1.54, 1.807) is 0 Å². The second-order valence-corrected chi connectivity index (χ2v) is 6.33. The molecule has 2 aromatic rings. The summed E-state index contributed by atoms with van der Waals surface area (Å²) in [5.74, 6) is 0.989. The molecule has 0 spiro atoms. The van der Waals surface area contributed by atoms with Gasteiger partial charge in [0.25, 0.3) is 0 Å². The first kappa shape index (κ1) is 14.2. The molecule has 0 atom stereocenters. The second-order valence-electron chi connectivity index (χ2n) is 6.33. The molecule has 0 amide bonds. The molecule has 3 nitrogen and oxygen atoms in total. The summed E-state index contributed by atoms with van der Waals surface area (Å²) in [6.45, 7) is 6.37. The monoisotopic (exact) mass is 283 g/mol. The summed E-state index contributed by atoms with van der Waals surface area (Å²) in [7, 11) is 0. The van der Waals surface area contributed by atoms with Crippen LogP contribution >= 0.6 is 0 Å². The lowest BCUT2D eigenvalue weighted by atomic mass is 9.95. The number of imidazole rings is 1. The predicted octanol–water partition coefficient (Wildman–Crippen LogP) is 5.06. The van der Waals surface area contributed by atoms with E-state index in [4.69, 9.17) is 0 Å².